The zero-order chi connectivity index (χ0) is 22.0. The molecule has 2 aromatic rings. The van der Waals surface area contributed by atoms with Gasteiger partial charge in [0.1, 0.15) is 11.6 Å². The molecular formula is C27H28ClFO2. The number of Topliss-reactive ketones (excluding diaryl/α,β-unsaturated/α-hetero) is 1. The summed E-state index contributed by atoms with van der Waals surface area (Å²) < 4.78 is 13.7. The van der Waals surface area contributed by atoms with Crippen LogP contribution in [-0.2, 0) is 17.6 Å². The third-order valence-electron chi connectivity index (χ3n) is 7.96. The van der Waals surface area contributed by atoms with E-state index in [1.807, 2.05) is 6.07 Å². The summed E-state index contributed by atoms with van der Waals surface area (Å²) in [7, 11) is 0. The number of fused-ring (bicyclic) bond motifs is 5. The van der Waals surface area contributed by atoms with Gasteiger partial charge in [-0.1, -0.05) is 49.2 Å². The van der Waals surface area contributed by atoms with Crippen molar-refractivity contribution in [1.82, 2.24) is 0 Å². The Bertz CT molecular complexity index is 1090. The summed E-state index contributed by atoms with van der Waals surface area (Å²) in [5, 5.41) is 11.6. The van der Waals surface area contributed by atoms with Crippen LogP contribution < -0.4 is 0 Å². The second-order valence-corrected chi connectivity index (χ2v) is 9.92. The number of aryl methyl sites for hydroxylation is 3. The number of aliphatic hydroxyl groups excluding tert-OH is 1. The molecule has 4 heteroatoms. The van der Waals surface area contributed by atoms with E-state index in [9.17, 15) is 14.3 Å². The highest BCUT2D eigenvalue weighted by molar-refractivity contribution is 6.30. The van der Waals surface area contributed by atoms with Crippen LogP contribution in [0.15, 0.2) is 36.1 Å². The fraction of sp³-hybridized carbons (Fsp3) is 0.444. The zero-order valence-electron chi connectivity index (χ0n) is 18.2. The van der Waals surface area contributed by atoms with Gasteiger partial charge in [0.05, 0.1) is 10.6 Å². The number of carbonyl (C=O) groups excluding carboxylic acids is 1. The summed E-state index contributed by atoms with van der Waals surface area (Å²) in [4.78, 5) is 13.7. The second kappa shape index (κ2) is 7.48. The average molecular weight is 439 g/mol. The number of hydrogen-bond acceptors (Lipinski definition) is 2. The Morgan fingerprint density at radius 2 is 1.74 bits per heavy atom. The zero-order valence-corrected chi connectivity index (χ0v) is 19.0. The lowest BCUT2D eigenvalue weighted by Crippen LogP contribution is -2.29. The monoisotopic (exact) mass is 438 g/mol. The lowest BCUT2D eigenvalue weighted by atomic mass is 9.72. The molecular weight excluding hydrogens is 411 g/mol. The van der Waals surface area contributed by atoms with Crippen LogP contribution in [0.5, 0.6) is 0 Å². The highest BCUT2D eigenvalue weighted by Crippen LogP contribution is 2.64. The average Bonchev–Trinajstić information content (AvgIpc) is 3.41. The Morgan fingerprint density at radius 1 is 1.06 bits per heavy atom. The molecule has 5 rings (SSSR count). The maximum atomic E-state index is 13.7. The summed E-state index contributed by atoms with van der Waals surface area (Å²) in [6.45, 7) is 6.29. The van der Waals surface area contributed by atoms with Crippen LogP contribution in [0.1, 0.15) is 60.4 Å². The first-order valence-corrected chi connectivity index (χ1v) is 11.8. The van der Waals surface area contributed by atoms with Crippen LogP contribution >= 0.6 is 11.6 Å². The van der Waals surface area contributed by atoms with Gasteiger partial charge < -0.3 is 5.11 Å². The number of halogens is 2. The minimum atomic E-state index is -0.411. The lowest BCUT2D eigenvalue weighted by molar-refractivity contribution is -0.119. The summed E-state index contributed by atoms with van der Waals surface area (Å²) in [6.07, 6.45) is 3.49. The van der Waals surface area contributed by atoms with Crippen LogP contribution in [0.4, 0.5) is 4.39 Å². The molecule has 0 amide bonds. The van der Waals surface area contributed by atoms with Gasteiger partial charge in [0.2, 0.25) is 0 Å². The number of hydrogen-bond donors (Lipinski definition) is 1. The van der Waals surface area contributed by atoms with Gasteiger partial charge in [-0.15, -0.1) is 0 Å². The van der Waals surface area contributed by atoms with Crippen LogP contribution in [0.3, 0.4) is 0 Å². The highest BCUT2D eigenvalue weighted by Gasteiger charge is 2.61. The molecule has 1 N–H and O–H groups in total. The topological polar surface area (TPSA) is 37.3 Å². The summed E-state index contributed by atoms with van der Waals surface area (Å²) in [5.74, 6) is 0.399. The van der Waals surface area contributed by atoms with E-state index in [4.69, 9.17) is 11.6 Å². The van der Waals surface area contributed by atoms with E-state index in [0.717, 1.165) is 47.9 Å². The van der Waals surface area contributed by atoms with Gasteiger partial charge >= 0.3 is 0 Å². The van der Waals surface area contributed by atoms with Gasteiger partial charge in [0.15, 0.2) is 5.78 Å². The van der Waals surface area contributed by atoms with Crippen molar-refractivity contribution in [3.05, 3.63) is 74.7 Å². The maximum absolute atomic E-state index is 13.7. The molecule has 0 radical (unpaired) electrons. The van der Waals surface area contributed by atoms with E-state index in [-0.39, 0.29) is 46.2 Å². The normalized spacial score (nSPS) is 29.2. The molecule has 5 atom stereocenters. The van der Waals surface area contributed by atoms with Gasteiger partial charge in [0, 0.05) is 11.8 Å². The standard InChI is InChI=1S/C27H28ClFO2/c1-4-14-8-13(3)9-15(5-2)22(14)25-26(30)23-17-10-18(19(11-17)24(23)27(25)31)16-6-7-21(29)20(28)12-16/h6-9,12,17-19,23-24,31H,4-5,10-11H2,1-3H3/t17?,18?,19?,23-,24+/m0/s1. The molecule has 2 fully saturated rings. The van der Waals surface area contributed by atoms with Crippen molar-refractivity contribution in [3.8, 4) is 0 Å². The smallest absolute Gasteiger partial charge is 0.170 e. The van der Waals surface area contributed by atoms with Crippen molar-refractivity contribution in [1.29, 1.82) is 0 Å². The SMILES string of the molecule is CCc1cc(C)cc(CC)c1C1=C(O)[C@@H]2C3CC(CC3c3ccc(F)c(Cl)c3)[C@@H]2C1=O. The lowest BCUT2D eigenvalue weighted by Gasteiger charge is -2.31. The van der Waals surface area contributed by atoms with Crippen molar-refractivity contribution in [2.24, 2.45) is 23.7 Å². The Labute approximate surface area is 188 Å². The summed E-state index contributed by atoms with van der Waals surface area (Å²) in [6, 6.07) is 9.25. The molecule has 0 aliphatic heterocycles. The molecule has 31 heavy (non-hydrogen) atoms. The van der Waals surface area contributed by atoms with Gasteiger partial charge in [-0.2, -0.15) is 0 Å². The molecule has 2 bridgehead atoms. The Balaban J connectivity index is 1.59. The third-order valence-corrected chi connectivity index (χ3v) is 8.24. The number of benzene rings is 2. The van der Waals surface area contributed by atoms with Gasteiger partial charge in [-0.25, -0.2) is 4.39 Å². The fourth-order valence-corrected chi connectivity index (χ4v) is 6.96. The molecule has 2 nitrogen and oxygen atoms in total. The third kappa shape index (κ3) is 3.00. The van der Waals surface area contributed by atoms with E-state index in [0.29, 0.717) is 5.57 Å². The number of allylic oxidation sites excluding steroid dienone is 2. The quantitative estimate of drug-likeness (QED) is 0.568. The first-order valence-electron chi connectivity index (χ1n) is 11.4. The van der Waals surface area contributed by atoms with Gasteiger partial charge in [-0.3, -0.25) is 4.79 Å². The van der Waals surface area contributed by atoms with Crippen molar-refractivity contribution >= 4 is 23.0 Å². The van der Waals surface area contributed by atoms with E-state index >= 15 is 0 Å². The summed E-state index contributed by atoms with van der Waals surface area (Å²) in [5.41, 5.74) is 6.02. The Kier molecular flexibility index (Phi) is 5.01. The van der Waals surface area contributed by atoms with Crippen LogP contribution in [-0.4, -0.2) is 10.9 Å². The minimum Gasteiger partial charge on any atom is -0.511 e. The fourth-order valence-electron chi connectivity index (χ4n) is 6.77. The van der Waals surface area contributed by atoms with E-state index in [1.165, 1.54) is 11.6 Å². The molecule has 0 saturated heterocycles. The van der Waals surface area contributed by atoms with Crippen molar-refractivity contribution in [2.45, 2.75) is 52.4 Å². The number of aliphatic hydroxyl groups is 1. The van der Waals surface area contributed by atoms with Gasteiger partial charge in [0.25, 0.3) is 0 Å². The number of ketones is 1. The molecule has 3 unspecified atom stereocenters. The molecule has 2 aromatic carbocycles. The van der Waals surface area contributed by atoms with Gasteiger partial charge in [-0.05, 0) is 84.7 Å². The van der Waals surface area contributed by atoms with Crippen molar-refractivity contribution in [2.75, 3.05) is 0 Å². The first-order chi connectivity index (χ1) is 14.8. The van der Waals surface area contributed by atoms with Crippen LogP contribution in [0.2, 0.25) is 5.02 Å². The Morgan fingerprint density at radius 3 is 2.35 bits per heavy atom. The molecule has 0 heterocycles. The highest BCUT2D eigenvalue weighted by atomic mass is 35.5. The molecule has 0 spiro atoms. The van der Waals surface area contributed by atoms with E-state index < -0.39 is 5.82 Å². The molecule has 0 aromatic heterocycles. The second-order valence-electron chi connectivity index (χ2n) is 9.52. The number of carbonyl (C=O) groups is 1. The summed E-state index contributed by atoms with van der Waals surface area (Å²) >= 11 is 6.05. The first kappa shape index (κ1) is 20.8. The van der Waals surface area contributed by atoms with E-state index in [1.54, 1.807) is 6.07 Å². The Hall–Kier alpha value is -2.13. The maximum Gasteiger partial charge on any atom is 0.170 e. The van der Waals surface area contributed by atoms with E-state index in [2.05, 4.69) is 32.9 Å². The van der Waals surface area contributed by atoms with Crippen LogP contribution in [0.25, 0.3) is 5.57 Å². The molecule has 3 aliphatic carbocycles. The number of rotatable bonds is 4. The molecule has 162 valence electrons. The van der Waals surface area contributed by atoms with Crippen LogP contribution in [0, 0.1) is 36.4 Å². The molecule has 2 saturated carbocycles. The predicted molar refractivity (Wildman–Crippen MR) is 122 cm³/mol. The molecule has 3 aliphatic rings. The van der Waals surface area contributed by atoms with Crippen molar-refractivity contribution in [3.63, 3.8) is 0 Å². The predicted octanol–water partition coefficient (Wildman–Crippen LogP) is 6.82. The minimum absolute atomic E-state index is 0.122. The largest absolute Gasteiger partial charge is 0.511 e. The van der Waals surface area contributed by atoms with Crippen molar-refractivity contribution < 1.29 is 14.3 Å².